The summed E-state index contributed by atoms with van der Waals surface area (Å²) in [5.41, 5.74) is 0. The summed E-state index contributed by atoms with van der Waals surface area (Å²) in [7, 11) is 0. The largest absolute Gasteiger partial charge is 0.480 e. The number of carbonyl (C=O) groups is 9. The van der Waals surface area contributed by atoms with Gasteiger partial charge in [-0.3, -0.25) is 43.2 Å². The lowest BCUT2D eigenvalue weighted by Gasteiger charge is -2.31. The molecule has 8 atom stereocenters. The number of rotatable bonds is 14. The zero-order valence-corrected chi connectivity index (χ0v) is 31.8. The summed E-state index contributed by atoms with van der Waals surface area (Å²) in [5, 5.41) is 42.2. The fraction of sp³-hybridized carbons (Fsp3) is 0.735. The lowest BCUT2D eigenvalue weighted by molar-refractivity contribution is -0.147. The first-order valence-electron chi connectivity index (χ1n) is 19.0. The van der Waals surface area contributed by atoms with E-state index in [-0.39, 0.29) is 63.5 Å². The lowest BCUT2D eigenvalue weighted by atomic mass is 10.1. The van der Waals surface area contributed by atoms with Crippen LogP contribution in [0.1, 0.15) is 51.4 Å². The summed E-state index contributed by atoms with van der Waals surface area (Å²) in [6, 6.07) is -5.62. The smallest absolute Gasteiger partial charge is 0.322 e. The quantitative estimate of drug-likeness (QED) is 0.0742. The highest BCUT2D eigenvalue weighted by atomic mass is 32.1. The monoisotopic (exact) mass is 809 g/mol. The molecule has 5 aliphatic heterocycles. The van der Waals surface area contributed by atoms with Crippen molar-refractivity contribution >= 4 is 65.9 Å². The summed E-state index contributed by atoms with van der Waals surface area (Å²) >= 11 is 4.19. The van der Waals surface area contributed by atoms with Crippen molar-refractivity contribution in [1.82, 2.24) is 46.2 Å². The van der Waals surface area contributed by atoms with E-state index in [4.69, 9.17) is 5.11 Å². The van der Waals surface area contributed by atoms with Crippen LogP contribution in [0, 0.1) is 0 Å². The molecule has 0 unspecified atom stereocenters. The highest BCUT2D eigenvalue weighted by molar-refractivity contribution is 7.80. The first-order chi connectivity index (χ1) is 26.7. The van der Waals surface area contributed by atoms with Crippen molar-refractivity contribution in [3.8, 4) is 0 Å². The number of aliphatic carboxylic acids is 1. The fourth-order valence-electron chi connectivity index (χ4n) is 8.07. The van der Waals surface area contributed by atoms with E-state index < -0.39 is 115 Å². The minimum atomic E-state index is -1.28. The van der Waals surface area contributed by atoms with Crippen LogP contribution in [0.2, 0.25) is 0 Å². The van der Waals surface area contributed by atoms with Crippen molar-refractivity contribution in [1.29, 1.82) is 0 Å². The Morgan fingerprint density at radius 2 is 1.18 bits per heavy atom. The van der Waals surface area contributed by atoms with E-state index in [1.165, 1.54) is 14.7 Å². The topological polar surface area (TPSA) is 287 Å². The van der Waals surface area contributed by atoms with Gasteiger partial charge in [0.05, 0.1) is 31.3 Å². The zero-order valence-electron chi connectivity index (χ0n) is 30.9. The molecule has 0 aromatic carbocycles. The van der Waals surface area contributed by atoms with Crippen LogP contribution in [-0.2, 0) is 43.2 Å². The standard InChI is InChI=1S/C34H51N9O12S/c44-18-10-24(42(15-18)33(54)20-4-1-7-35-20)30(51)37-13-26(46)40-8-2-5-22(40)32(53)39-21(17-56)29(50)36-12-27(47)41-9-3-6-23(41)34(55)43-16-19(45)11-25(43)31(52)38-14-28(48)49/h18-25,35,44-45,56H,1-17H2,(H,36,50)(H,37,51)(H,38,52)(H,39,53)(H,48,49)/t18-,19-,20+,21+,22+,23+,24+,25+/m1/s1. The highest BCUT2D eigenvalue weighted by Gasteiger charge is 2.45. The van der Waals surface area contributed by atoms with Gasteiger partial charge in [0.1, 0.15) is 36.8 Å². The van der Waals surface area contributed by atoms with Crippen LogP contribution >= 0.6 is 12.6 Å². The van der Waals surface area contributed by atoms with Crippen molar-refractivity contribution < 1.29 is 58.5 Å². The molecule has 0 radical (unpaired) electrons. The molecule has 5 rings (SSSR count). The molecule has 0 spiro atoms. The molecule has 0 aromatic rings. The number of thiol groups is 1. The molecule has 5 heterocycles. The predicted octanol–water partition coefficient (Wildman–Crippen LogP) is -5.51. The number of hydrogen-bond donors (Lipinski definition) is 9. The van der Waals surface area contributed by atoms with Gasteiger partial charge >= 0.3 is 5.97 Å². The third kappa shape index (κ3) is 10.1. The fourth-order valence-corrected chi connectivity index (χ4v) is 8.33. The van der Waals surface area contributed by atoms with E-state index in [1.807, 2.05) is 0 Å². The summed E-state index contributed by atoms with van der Waals surface area (Å²) in [4.78, 5) is 121. The Hall–Kier alpha value is -4.54. The van der Waals surface area contributed by atoms with E-state index in [0.29, 0.717) is 25.8 Å². The number of nitrogens with zero attached hydrogens (tertiary/aromatic N) is 4. The van der Waals surface area contributed by atoms with Gasteiger partial charge in [-0.1, -0.05) is 0 Å². The Kier molecular flexibility index (Phi) is 14.5. The minimum Gasteiger partial charge on any atom is -0.480 e. The normalized spacial score (nSPS) is 27.9. The lowest BCUT2D eigenvalue weighted by Crippen LogP contribution is -2.57. The maximum absolute atomic E-state index is 13.5. The van der Waals surface area contributed by atoms with E-state index in [0.717, 1.165) is 11.3 Å². The van der Waals surface area contributed by atoms with E-state index >= 15 is 0 Å². The number of β-amino-alcohol motifs (C(OH)–C–C–N with tert-alkyl or cyclic N) is 2. The number of aliphatic hydroxyl groups is 2. The minimum absolute atomic E-state index is 0.00882. The second-order valence-electron chi connectivity index (χ2n) is 14.7. The van der Waals surface area contributed by atoms with E-state index in [9.17, 15) is 53.4 Å². The molecule has 21 nitrogen and oxygen atoms in total. The number of carboxylic acids is 1. The second kappa shape index (κ2) is 19.1. The van der Waals surface area contributed by atoms with Gasteiger partial charge in [0.15, 0.2) is 0 Å². The molecular formula is C34H51N9O12S. The number of aliphatic hydroxyl groups excluding tert-OH is 2. The van der Waals surface area contributed by atoms with Gasteiger partial charge in [-0.15, -0.1) is 0 Å². The molecule has 310 valence electrons. The summed E-state index contributed by atoms with van der Waals surface area (Å²) in [6.07, 6.45) is 0.979. The molecule has 5 saturated heterocycles. The van der Waals surface area contributed by atoms with Gasteiger partial charge < -0.3 is 61.5 Å². The Labute approximate surface area is 328 Å². The Morgan fingerprint density at radius 1 is 0.643 bits per heavy atom. The van der Waals surface area contributed by atoms with Gasteiger partial charge in [-0.2, -0.15) is 12.6 Å². The maximum Gasteiger partial charge on any atom is 0.322 e. The van der Waals surface area contributed by atoms with Gasteiger partial charge in [-0.05, 0) is 45.1 Å². The van der Waals surface area contributed by atoms with E-state index in [1.54, 1.807) is 0 Å². The Morgan fingerprint density at radius 3 is 1.73 bits per heavy atom. The summed E-state index contributed by atoms with van der Waals surface area (Å²) in [6.45, 7) is -0.716. The zero-order chi connectivity index (χ0) is 40.7. The Bertz CT molecular complexity index is 1560. The number of amides is 8. The van der Waals surface area contributed by atoms with Crippen molar-refractivity contribution in [2.24, 2.45) is 0 Å². The van der Waals surface area contributed by atoms with Crippen molar-refractivity contribution in [2.45, 2.75) is 99.8 Å². The molecule has 0 aromatic heterocycles. The van der Waals surface area contributed by atoms with Crippen LogP contribution in [0.25, 0.3) is 0 Å². The molecule has 5 aliphatic rings. The number of carboxylic acid groups (broad SMARTS) is 1. The average molecular weight is 810 g/mol. The number of hydrogen-bond acceptors (Lipinski definition) is 13. The average Bonchev–Trinajstić information content (AvgIpc) is 4.02. The summed E-state index contributed by atoms with van der Waals surface area (Å²) < 4.78 is 0. The number of likely N-dealkylation sites (tertiary alicyclic amines) is 4. The molecular weight excluding hydrogens is 758 g/mol. The molecule has 8 N–H and O–H groups in total. The molecule has 22 heteroatoms. The van der Waals surface area contributed by atoms with Crippen LogP contribution in [0.3, 0.4) is 0 Å². The van der Waals surface area contributed by atoms with Gasteiger partial charge in [0, 0.05) is 44.8 Å². The molecule has 56 heavy (non-hydrogen) atoms. The van der Waals surface area contributed by atoms with Crippen LogP contribution < -0.4 is 26.6 Å². The predicted molar refractivity (Wildman–Crippen MR) is 195 cm³/mol. The van der Waals surface area contributed by atoms with E-state index in [2.05, 4.69) is 39.2 Å². The molecule has 8 amide bonds. The highest BCUT2D eigenvalue weighted by Crippen LogP contribution is 2.26. The Balaban J connectivity index is 1.09. The third-order valence-electron chi connectivity index (χ3n) is 10.9. The van der Waals surface area contributed by atoms with Gasteiger partial charge in [0.2, 0.25) is 47.3 Å². The third-order valence-corrected chi connectivity index (χ3v) is 11.2. The van der Waals surface area contributed by atoms with Crippen LogP contribution in [0.4, 0.5) is 0 Å². The molecule has 0 bridgehead atoms. The first-order valence-corrected chi connectivity index (χ1v) is 19.6. The maximum atomic E-state index is 13.5. The van der Waals surface area contributed by atoms with Crippen molar-refractivity contribution in [2.75, 3.05) is 58.1 Å². The van der Waals surface area contributed by atoms with Crippen LogP contribution in [0.5, 0.6) is 0 Å². The van der Waals surface area contributed by atoms with Crippen molar-refractivity contribution in [3.63, 3.8) is 0 Å². The number of nitrogens with one attached hydrogen (secondary N) is 5. The SMILES string of the molecule is O=C(O)CNC(=O)[C@@H]1C[C@@H](O)CN1C(=O)[C@@H]1CCCN1C(=O)CNC(=O)[C@H](CS)NC(=O)[C@@H]1CCCN1C(=O)CNC(=O)[C@@H]1C[C@@H](O)CN1C(=O)[C@@H]1CCCN1. The van der Waals surface area contributed by atoms with Crippen LogP contribution in [-0.4, -0.2) is 195 Å². The molecule has 0 saturated carbocycles. The van der Waals surface area contributed by atoms with Gasteiger partial charge in [-0.25, -0.2) is 0 Å². The van der Waals surface area contributed by atoms with Crippen molar-refractivity contribution in [3.05, 3.63) is 0 Å². The van der Waals surface area contributed by atoms with Crippen LogP contribution in [0.15, 0.2) is 0 Å². The second-order valence-corrected chi connectivity index (χ2v) is 15.1. The number of carbonyl (C=O) groups excluding carboxylic acids is 8. The molecule has 5 fully saturated rings. The first kappa shape index (κ1) is 42.6. The summed E-state index contributed by atoms with van der Waals surface area (Å²) in [5.74, 6) is -6.16. The van der Waals surface area contributed by atoms with Gasteiger partial charge in [0.25, 0.3) is 0 Å². The molecule has 0 aliphatic carbocycles.